The number of nitrogens with one attached hydrogen (secondary N) is 1. The maximum atomic E-state index is 12.4. The quantitative estimate of drug-likeness (QED) is 0.600. The Labute approximate surface area is 162 Å². The Balaban J connectivity index is 1.77. The third-order valence-electron chi connectivity index (χ3n) is 3.98. The molecule has 0 spiro atoms. The van der Waals surface area contributed by atoms with E-state index in [2.05, 4.69) is 5.32 Å². The van der Waals surface area contributed by atoms with Gasteiger partial charge in [0.1, 0.15) is 24.7 Å². The summed E-state index contributed by atoms with van der Waals surface area (Å²) in [6.07, 6.45) is 5.11. The van der Waals surface area contributed by atoms with Gasteiger partial charge in [0.2, 0.25) is 5.91 Å². The van der Waals surface area contributed by atoms with Crippen LogP contribution in [0.3, 0.4) is 0 Å². The standard InChI is InChI=1S/C20H21NO5S/c1-23-14-6-4-13(16(10-14)24-2)5-7-20(22)21-15-11-17-18(12-19(15)27-3)26-9-8-25-17/h4-7,10-12H,8-9H2,1-3H3,(H,21,22)/b7-5+. The zero-order valence-electron chi connectivity index (χ0n) is 15.4. The van der Waals surface area contributed by atoms with Gasteiger partial charge in [0.25, 0.3) is 0 Å². The molecule has 3 rings (SSSR count). The molecule has 7 heteroatoms. The van der Waals surface area contributed by atoms with Crippen LogP contribution >= 0.6 is 11.8 Å². The van der Waals surface area contributed by atoms with Crippen LogP contribution in [0.25, 0.3) is 6.08 Å². The first-order valence-corrected chi connectivity index (χ1v) is 9.56. The van der Waals surface area contributed by atoms with Crippen molar-refractivity contribution in [2.75, 3.05) is 39.0 Å². The summed E-state index contributed by atoms with van der Waals surface area (Å²) in [7, 11) is 3.17. The van der Waals surface area contributed by atoms with E-state index < -0.39 is 0 Å². The molecule has 0 bridgehead atoms. The lowest BCUT2D eigenvalue weighted by molar-refractivity contribution is -0.111. The van der Waals surface area contributed by atoms with Gasteiger partial charge >= 0.3 is 0 Å². The fourth-order valence-electron chi connectivity index (χ4n) is 2.63. The monoisotopic (exact) mass is 387 g/mol. The van der Waals surface area contributed by atoms with E-state index in [-0.39, 0.29) is 5.91 Å². The highest BCUT2D eigenvalue weighted by Gasteiger charge is 2.16. The zero-order valence-corrected chi connectivity index (χ0v) is 16.2. The van der Waals surface area contributed by atoms with Gasteiger partial charge in [0.15, 0.2) is 11.5 Å². The van der Waals surface area contributed by atoms with Crippen molar-refractivity contribution in [1.29, 1.82) is 0 Å². The number of amides is 1. The molecular formula is C20H21NO5S. The Hall–Kier alpha value is -2.80. The highest BCUT2D eigenvalue weighted by atomic mass is 32.2. The fourth-order valence-corrected chi connectivity index (χ4v) is 3.19. The third-order valence-corrected chi connectivity index (χ3v) is 4.75. The van der Waals surface area contributed by atoms with Gasteiger partial charge < -0.3 is 24.3 Å². The van der Waals surface area contributed by atoms with Crippen molar-refractivity contribution in [2.45, 2.75) is 4.90 Å². The number of ether oxygens (including phenoxy) is 4. The number of fused-ring (bicyclic) bond motifs is 1. The van der Waals surface area contributed by atoms with Crippen molar-refractivity contribution in [3.63, 3.8) is 0 Å². The smallest absolute Gasteiger partial charge is 0.248 e. The van der Waals surface area contributed by atoms with E-state index in [1.54, 1.807) is 32.4 Å². The van der Waals surface area contributed by atoms with Crippen LogP contribution in [0.2, 0.25) is 0 Å². The van der Waals surface area contributed by atoms with Gasteiger partial charge in [-0.25, -0.2) is 0 Å². The molecule has 2 aromatic carbocycles. The van der Waals surface area contributed by atoms with E-state index in [0.29, 0.717) is 41.9 Å². The molecule has 0 saturated heterocycles. The van der Waals surface area contributed by atoms with Gasteiger partial charge in [0.05, 0.1) is 19.9 Å². The second kappa shape index (κ2) is 8.73. The Morgan fingerprint density at radius 2 is 1.85 bits per heavy atom. The lowest BCUT2D eigenvalue weighted by Gasteiger charge is -2.20. The summed E-state index contributed by atoms with van der Waals surface area (Å²) < 4.78 is 21.7. The average molecular weight is 387 g/mol. The third kappa shape index (κ3) is 4.49. The SMILES string of the molecule is COc1ccc(/C=C/C(=O)Nc2cc3c(cc2SC)OCCO3)c(OC)c1. The number of methoxy groups -OCH3 is 2. The first kappa shape index (κ1) is 19.0. The Kier molecular flexibility index (Phi) is 6.13. The molecule has 0 atom stereocenters. The lowest BCUT2D eigenvalue weighted by atomic mass is 10.1. The van der Waals surface area contributed by atoms with E-state index in [0.717, 1.165) is 10.5 Å². The van der Waals surface area contributed by atoms with E-state index >= 15 is 0 Å². The molecule has 0 unspecified atom stereocenters. The van der Waals surface area contributed by atoms with Crippen LogP contribution in [0.5, 0.6) is 23.0 Å². The van der Waals surface area contributed by atoms with Crippen LogP contribution in [-0.4, -0.2) is 39.6 Å². The number of carbonyl (C=O) groups excluding carboxylic acids is 1. The van der Waals surface area contributed by atoms with E-state index in [9.17, 15) is 4.79 Å². The summed E-state index contributed by atoms with van der Waals surface area (Å²) in [6, 6.07) is 9.08. The molecule has 1 aliphatic rings. The highest BCUT2D eigenvalue weighted by molar-refractivity contribution is 7.98. The minimum absolute atomic E-state index is 0.250. The van der Waals surface area contributed by atoms with Crippen LogP contribution in [0.1, 0.15) is 5.56 Å². The number of rotatable bonds is 6. The van der Waals surface area contributed by atoms with Crippen molar-refractivity contribution < 1.29 is 23.7 Å². The van der Waals surface area contributed by atoms with Crippen molar-refractivity contribution in [2.24, 2.45) is 0 Å². The molecule has 0 saturated carbocycles. The maximum Gasteiger partial charge on any atom is 0.248 e. The Morgan fingerprint density at radius 3 is 2.52 bits per heavy atom. The zero-order chi connectivity index (χ0) is 19.2. The molecule has 1 amide bonds. The van der Waals surface area contributed by atoms with Crippen LogP contribution in [-0.2, 0) is 4.79 Å². The van der Waals surface area contributed by atoms with Crippen LogP contribution in [0.15, 0.2) is 41.3 Å². The molecule has 0 radical (unpaired) electrons. The van der Waals surface area contributed by atoms with Gasteiger partial charge in [-0.15, -0.1) is 11.8 Å². The molecule has 27 heavy (non-hydrogen) atoms. The van der Waals surface area contributed by atoms with E-state index in [1.165, 1.54) is 17.8 Å². The van der Waals surface area contributed by atoms with Crippen LogP contribution in [0, 0.1) is 0 Å². The summed E-state index contributed by atoms with van der Waals surface area (Å²) in [5, 5.41) is 2.89. The molecule has 0 aliphatic carbocycles. The average Bonchev–Trinajstić information content (AvgIpc) is 2.71. The number of hydrogen-bond acceptors (Lipinski definition) is 6. The lowest BCUT2D eigenvalue weighted by Crippen LogP contribution is -2.16. The Morgan fingerprint density at radius 1 is 1.11 bits per heavy atom. The van der Waals surface area contributed by atoms with Gasteiger partial charge in [-0.05, 0) is 30.5 Å². The van der Waals surface area contributed by atoms with E-state index in [4.69, 9.17) is 18.9 Å². The number of thioether (sulfide) groups is 1. The number of benzene rings is 2. The van der Waals surface area contributed by atoms with Crippen LogP contribution in [0.4, 0.5) is 5.69 Å². The van der Waals surface area contributed by atoms with E-state index in [1.807, 2.05) is 24.5 Å². The summed E-state index contributed by atoms with van der Waals surface area (Å²) in [4.78, 5) is 13.3. The summed E-state index contributed by atoms with van der Waals surface area (Å²) in [5.41, 5.74) is 1.46. The summed E-state index contributed by atoms with van der Waals surface area (Å²) >= 11 is 1.53. The minimum atomic E-state index is -0.250. The molecule has 142 valence electrons. The largest absolute Gasteiger partial charge is 0.497 e. The predicted octanol–water partition coefficient (Wildman–Crippen LogP) is 3.85. The fraction of sp³-hybridized carbons (Fsp3) is 0.250. The highest BCUT2D eigenvalue weighted by Crippen LogP contribution is 2.39. The first-order chi connectivity index (χ1) is 13.1. The molecule has 1 heterocycles. The summed E-state index contributed by atoms with van der Waals surface area (Å²) in [6.45, 7) is 1.02. The van der Waals surface area contributed by atoms with Crippen molar-refractivity contribution in [3.05, 3.63) is 42.0 Å². The molecule has 2 aromatic rings. The second-order valence-corrected chi connectivity index (χ2v) is 6.47. The first-order valence-electron chi connectivity index (χ1n) is 8.33. The molecule has 1 aliphatic heterocycles. The molecule has 0 aromatic heterocycles. The Bertz CT molecular complexity index is 866. The predicted molar refractivity (Wildman–Crippen MR) is 106 cm³/mol. The summed E-state index contributed by atoms with van der Waals surface area (Å²) in [5.74, 6) is 2.40. The van der Waals surface area contributed by atoms with Gasteiger partial charge in [-0.2, -0.15) is 0 Å². The number of carbonyl (C=O) groups is 1. The second-order valence-electron chi connectivity index (χ2n) is 5.63. The maximum absolute atomic E-state index is 12.4. The van der Waals surface area contributed by atoms with Gasteiger partial charge in [-0.3, -0.25) is 4.79 Å². The topological polar surface area (TPSA) is 66.0 Å². The van der Waals surface area contributed by atoms with Crippen molar-refractivity contribution in [1.82, 2.24) is 0 Å². The van der Waals surface area contributed by atoms with Crippen LogP contribution < -0.4 is 24.3 Å². The molecule has 6 nitrogen and oxygen atoms in total. The van der Waals surface area contributed by atoms with Gasteiger partial charge in [0, 0.05) is 28.7 Å². The van der Waals surface area contributed by atoms with Gasteiger partial charge in [-0.1, -0.05) is 0 Å². The van der Waals surface area contributed by atoms with Crippen molar-refractivity contribution in [3.8, 4) is 23.0 Å². The normalized spacial score (nSPS) is 12.7. The molecular weight excluding hydrogens is 366 g/mol. The molecule has 0 fully saturated rings. The number of anilines is 1. The molecule has 1 N–H and O–H groups in total. The number of hydrogen-bond donors (Lipinski definition) is 1. The minimum Gasteiger partial charge on any atom is -0.497 e. The van der Waals surface area contributed by atoms with Crippen molar-refractivity contribution >= 4 is 29.4 Å².